The molecule has 0 aliphatic rings. The van der Waals surface area contributed by atoms with Gasteiger partial charge in [-0.25, -0.2) is 0 Å². The summed E-state index contributed by atoms with van der Waals surface area (Å²) in [5, 5.41) is 12.3. The van der Waals surface area contributed by atoms with Crippen LogP contribution in [0.15, 0.2) is 48.5 Å². The van der Waals surface area contributed by atoms with E-state index in [-0.39, 0.29) is 6.61 Å². The molecule has 2 aromatic carbocycles. The maximum absolute atomic E-state index is 8.86. The van der Waals surface area contributed by atoms with E-state index in [9.17, 15) is 0 Å². The number of benzene rings is 2. The molecule has 2 nitrogen and oxygen atoms in total. The highest BCUT2D eigenvalue weighted by Gasteiger charge is 1.97. The number of nitrogens with one attached hydrogen (secondary N) is 1. The van der Waals surface area contributed by atoms with Gasteiger partial charge in [-0.2, -0.15) is 0 Å². The van der Waals surface area contributed by atoms with E-state index < -0.39 is 0 Å². The fraction of sp³-hybridized carbons (Fsp3) is 0.250. The topological polar surface area (TPSA) is 32.3 Å². The third-order valence-corrected chi connectivity index (χ3v) is 3.10. The molecular formula is C16H19NO. The first-order valence-corrected chi connectivity index (χ1v) is 6.28. The third kappa shape index (κ3) is 3.34. The van der Waals surface area contributed by atoms with Gasteiger partial charge >= 0.3 is 0 Å². The Balaban J connectivity index is 1.96. The molecule has 2 N–H and O–H groups in total. The van der Waals surface area contributed by atoms with Crippen molar-refractivity contribution >= 4 is 5.69 Å². The maximum Gasteiger partial charge on any atom is 0.0471 e. The number of aryl methyl sites for hydroxylation is 1. The van der Waals surface area contributed by atoms with E-state index in [0.29, 0.717) is 0 Å². The van der Waals surface area contributed by atoms with Gasteiger partial charge in [0.15, 0.2) is 0 Å². The van der Waals surface area contributed by atoms with Gasteiger partial charge < -0.3 is 10.4 Å². The van der Waals surface area contributed by atoms with E-state index in [1.165, 1.54) is 16.7 Å². The van der Waals surface area contributed by atoms with E-state index in [4.69, 9.17) is 5.11 Å². The highest BCUT2D eigenvalue weighted by molar-refractivity contribution is 5.45. The van der Waals surface area contributed by atoms with E-state index in [0.717, 1.165) is 18.7 Å². The second-order valence-electron chi connectivity index (χ2n) is 4.45. The summed E-state index contributed by atoms with van der Waals surface area (Å²) >= 11 is 0. The van der Waals surface area contributed by atoms with Gasteiger partial charge in [0, 0.05) is 18.8 Å². The highest BCUT2D eigenvalue weighted by atomic mass is 16.2. The van der Waals surface area contributed by atoms with Crippen LogP contribution in [0, 0.1) is 6.92 Å². The Kier molecular flexibility index (Phi) is 4.37. The molecule has 0 heterocycles. The Labute approximate surface area is 108 Å². The van der Waals surface area contributed by atoms with Crippen molar-refractivity contribution in [2.75, 3.05) is 11.9 Å². The van der Waals surface area contributed by atoms with Crippen LogP contribution < -0.4 is 5.32 Å². The summed E-state index contributed by atoms with van der Waals surface area (Å²) in [6, 6.07) is 16.6. The zero-order valence-corrected chi connectivity index (χ0v) is 10.7. The van der Waals surface area contributed by atoms with Gasteiger partial charge in [0.05, 0.1) is 0 Å². The van der Waals surface area contributed by atoms with E-state index in [1.807, 2.05) is 0 Å². The van der Waals surface area contributed by atoms with Crippen molar-refractivity contribution in [3.05, 3.63) is 65.2 Å². The summed E-state index contributed by atoms with van der Waals surface area (Å²) < 4.78 is 0. The van der Waals surface area contributed by atoms with Gasteiger partial charge in [-0.05, 0) is 42.2 Å². The Bertz CT molecular complexity index is 491. The number of hydrogen-bond acceptors (Lipinski definition) is 2. The van der Waals surface area contributed by atoms with Crippen LogP contribution >= 0.6 is 0 Å². The second-order valence-corrected chi connectivity index (χ2v) is 4.45. The van der Waals surface area contributed by atoms with Crippen molar-refractivity contribution < 1.29 is 5.11 Å². The quantitative estimate of drug-likeness (QED) is 0.843. The van der Waals surface area contributed by atoms with Crippen LogP contribution in [-0.2, 0) is 13.0 Å². The SMILES string of the molecule is Cc1ccccc1CNc1ccc(CCO)cc1. The van der Waals surface area contributed by atoms with Crippen LogP contribution in [0.5, 0.6) is 0 Å². The summed E-state index contributed by atoms with van der Waals surface area (Å²) in [6.45, 7) is 3.17. The summed E-state index contributed by atoms with van der Waals surface area (Å²) in [4.78, 5) is 0. The van der Waals surface area contributed by atoms with Gasteiger partial charge in [0.2, 0.25) is 0 Å². The fourth-order valence-electron chi connectivity index (χ4n) is 1.92. The number of aliphatic hydroxyl groups excluding tert-OH is 1. The average Bonchev–Trinajstić information content (AvgIpc) is 2.40. The lowest BCUT2D eigenvalue weighted by Crippen LogP contribution is -2.01. The van der Waals surface area contributed by atoms with Crippen LogP contribution in [0.1, 0.15) is 16.7 Å². The lowest BCUT2D eigenvalue weighted by Gasteiger charge is -2.09. The molecule has 0 saturated heterocycles. The number of hydrogen-bond donors (Lipinski definition) is 2. The van der Waals surface area contributed by atoms with Crippen molar-refractivity contribution in [2.24, 2.45) is 0 Å². The number of anilines is 1. The standard InChI is InChI=1S/C16H19NO/c1-13-4-2-3-5-15(13)12-17-16-8-6-14(7-9-16)10-11-18/h2-9,17-18H,10-12H2,1H3. The maximum atomic E-state index is 8.86. The molecule has 2 heteroatoms. The first kappa shape index (κ1) is 12.7. The predicted octanol–water partition coefficient (Wildman–Crippen LogP) is 3.14. The smallest absolute Gasteiger partial charge is 0.0471 e. The molecule has 18 heavy (non-hydrogen) atoms. The molecule has 0 amide bonds. The molecule has 94 valence electrons. The number of rotatable bonds is 5. The van der Waals surface area contributed by atoms with Gasteiger partial charge in [-0.1, -0.05) is 36.4 Å². The van der Waals surface area contributed by atoms with Crippen molar-refractivity contribution in [1.82, 2.24) is 0 Å². The van der Waals surface area contributed by atoms with Crippen LogP contribution in [0.2, 0.25) is 0 Å². The highest BCUT2D eigenvalue weighted by Crippen LogP contribution is 2.13. The second kappa shape index (κ2) is 6.22. The normalized spacial score (nSPS) is 10.3. The molecule has 0 spiro atoms. The van der Waals surface area contributed by atoms with E-state index in [2.05, 4.69) is 60.8 Å². The van der Waals surface area contributed by atoms with Crippen molar-refractivity contribution in [3.63, 3.8) is 0 Å². The molecule has 0 fully saturated rings. The minimum Gasteiger partial charge on any atom is -0.396 e. The molecule has 2 aromatic rings. The molecule has 0 unspecified atom stereocenters. The van der Waals surface area contributed by atoms with Crippen molar-refractivity contribution in [1.29, 1.82) is 0 Å². The Morgan fingerprint density at radius 1 is 1.00 bits per heavy atom. The van der Waals surface area contributed by atoms with Gasteiger partial charge in [-0.3, -0.25) is 0 Å². The van der Waals surface area contributed by atoms with Gasteiger partial charge in [0.1, 0.15) is 0 Å². The molecule has 0 aliphatic carbocycles. The lowest BCUT2D eigenvalue weighted by atomic mass is 10.1. The lowest BCUT2D eigenvalue weighted by molar-refractivity contribution is 0.299. The minimum atomic E-state index is 0.204. The van der Waals surface area contributed by atoms with E-state index >= 15 is 0 Å². The average molecular weight is 241 g/mol. The monoisotopic (exact) mass is 241 g/mol. The predicted molar refractivity (Wildman–Crippen MR) is 75.7 cm³/mol. The van der Waals surface area contributed by atoms with E-state index in [1.54, 1.807) is 0 Å². The zero-order chi connectivity index (χ0) is 12.8. The Morgan fingerprint density at radius 3 is 2.39 bits per heavy atom. The molecule has 0 aromatic heterocycles. The first-order chi connectivity index (χ1) is 8.79. The minimum absolute atomic E-state index is 0.204. The Hall–Kier alpha value is -1.80. The molecule has 0 aliphatic heterocycles. The van der Waals surface area contributed by atoms with Gasteiger partial charge in [-0.15, -0.1) is 0 Å². The van der Waals surface area contributed by atoms with Crippen LogP contribution in [0.4, 0.5) is 5.69 Å². The van der Waals surface area contributed by atoms with Crippen LogP contribution in [-0.4, -0.2) is 11.7 Å². The molecule has 0 saturated carbocycles. The van der Waals surface area contributed by atoms with Crippen molar-refractivity contribution in [2.45, 2.75) is 19.9 Å². The van der Waals surface area contributed by atoms with Crippen LogP contribution in [0.25, 0.3) is 0 Å². The van der Waals surface area contributed by atoms with Crippen molar-refractivity contribution in [3.8, 4) is 0 Å². The summed E-state index contributed by atoms with van der Waals surface area (Å²) in [5.74, 6) is 0. The summed E-state index contributed by atoms with van der Waals surface area (Å²) in [7, 11) is 0. The van der Waals surface area contributed by atoms with Gasteiger partial charge in [0.25, 0.3) is 0 Å². The molecule has 0 atom stereocenters. The molecule has 0 bridgehead atoms. The molecular weight excluding hydrogens is 222 g/mol. The van der Waals surface area contributed by atoms with Crippen LogP contribution in [0.3, 0.4) is 0 Å². The largest absolute Gasteiger partial charge is 0.396 e. The molecule has 2 rings (SSSR count). The summed E-state index contributed by atoms with van der Waals surface area (Å²) in [6.07, 6.45) is 0.720. The third-order valence-electron chi connectivity index (χ3n) is 3.10. The number of aliphatic hydroxyl groups is 1. The molecule has 0 radical (unpaired) electrons. The fourth-order valence-corrected chi connectivity index (χ4v) is 1.92. The zero-order valence-electron chi connectivity index (χ0n) is 10.7. The Morgan fingerprint density at radius 2 is 1.72 bits per heavy atom. The first-order valence-electron chi connectivity index (χ1n) is 6.28. The summed E-state index contributed by atoms with van der Waals surface area (Å²) in [5.41, 5.74) is 4.90.